The summed E-state index contributed by atoms with van der Waals surface area (Å²) >= 11 is 0. The topological polar surface area (TPSA) is 88.5 Å². The Kier molecular flexibility index (Phi) is 5.28. The third kappa shape index (κ3) is 3.95. The zero-order valence-electron chi connectivity index (χ0n) is 19.4. The Balaban J connectivity index is 1.40. The fraction of sp³-hybridized carbons (Fsp3) is 0.259. The monoisotopic (exact) mass is 468 g/mol. The smallest absolute Gasteiger partial charge is 0.251 e. The number of hydrogen-bond donors (Lipinski definition) is 2. The fourth-order valence-electron chi connectivity index (χ4n) is 5.03. The summed E-state index contributed by atoms with van der Waals surface area (Å²) in [7, 11) is 1.85. The lowest BCUT2D eigenvalue weighted by Gasteiger charge is -2.22. The van der Waals surface area contributed by atoms with Crippen LogP contribution in [0.15, 0.2) is 55.1 Å². The minimum absolute atomic E-state index is 0.0805. The van der Waals surface area contributed by atoms with E-state index in [0.29, 0.717) is 27.7 Å². The molecule has 8 heteroatoms. The van der Waals surface area contributed by atoms with Gasteiger partial charge in [-0.2, -0.15) is 5.10 Å². The van der Waals surface area contributed by atoms with Gasteiger partial charge in [-0.25, -0.2) is 9.37 Å². The summed E-state index contributed by atoms with van der Waals surface area (Å²) < 4.78 is 16.9. The first kappa shape index (κ1) is 21.5. The Morgan fingerprint density at radius 2 is 1.86 bits per heavy atom. The summed E-state index contributed by atoms with van der Waals surface area (Å²) in [5.74, 6) is -0.499. The highest BCUT2D eigenvalue weighted by Crippen LogP contribution is 2.36. The van der Waals surface area contributed by atoms with E-state index in [-0.39, 0.29) is 11.9 Å². The van der Waals surface area contributed by atoms with E-state index >= 15 is 4.39 Å². The van der Waals surface area contributed by atoms with Gasteiger partial charge >= 0.3 is 0 Å². The SMILES string of the molecule is Cn1cc(-c2cc3c(cn2)[nH]c2ncc(F)c(-c4ccc(C(=O)NC5CCCCC5)cc4)c23)cn1. The number of benzene rings is 1. The van der Waals surface area contributed by atoms with E-state index in [0.717, 1.165) is 47.8 Å². The van der Waals surface area contributed by atoms with Crippen LogP contribution >= 0.6 is 0 Å². The largest absolute Gasteiger partial charge is 0.349 e. The van der Waals surface area contributed by atoms with E-state index in [1.807, 2.05) is 19.3 Å². The second kappa shape index (κ2) is 8.61. The Bertz CT molecular complexity index is 1550. The summed E-state index contributed by atoms with van der Waals surface area (Å²) in [6.45, 7) is 0. The number of carbonyl (C=O) groups is 1. The lowest BCUT2D eigenvalue weighted by molar-refractivity contribution is 0.0927. The minimum atomic E-state index is -0.419. The van der Waals surface area contributed by atoms with Gasteiger partial charge in [0.1, 0.15) is 11.5 Å². The molecule has 0 unspecified atom stereocenters. The van der Waals surface area contributed by atoms with Crippen molar-refractivity contribution < 1.29 is 9.18 Å². The van der Waals surface area contributed by atoms with Crippen molar-refractivity contribution in [3.8, 4) is 22.4 Å². The van der Waals surface area contributed by atoms with Crippen molar-refractivity contribution in [1.29, 1.82) is 0 Å². The molecule has 0 spiro atoms. The lowest BCUT2D eigenvalue weighted by atomic mass is 9.95. The molecule has 0 aliphatic heterocycles. The van der Waals surface area contributed by atoms with Gasteiger partial charge in [0.15, 0.2) is 0 Å². The number of aryl methyl sites for hydroxylation is 1. The van der Waals surface area contributed by atoms with Gasteiger partial charge in [0, 0.05) is 46.7 Å². The van der Waals surface area contributed by atoms with Gasteiger partial charge in [-0.3, -0.25) is 14.5 Å². The van der Waals surface area contributed by atoms with Crippen LogP contribution in [-0.2, 0) is 7.05 Å². The lowest BCUT2D eigenvalue weighted by Crippen LogP contribution is -2.36. The first-order valence-electron chi connectivity index (χ1n) is 11.9. The van der Waals surface area contributed by atoms with Crippen LogP contribution in [0, 0.1) is 5.82 Å². The number of amides is 1. The molecule has 2 N–H and O–H groups in total. The predicted octanol–water partition coefficient (Wildman–Crippen LogP) is 5.38. The highest BCUT2D eigenvalue weighted by atomic mass is 19.1. The number of pyridine rings is 2. The molecule has 1 amide bonds. The van der Waals surface area contributed by atoms with E-state index < -0.39 is 5.82 Å². The van der Waals surface area contributed by atoms with Crippen molar-refractivity contribution in [2.75, 3.05) is 0 Å². The summed E-state index contributed by atoms with van der Waals surface area (Å²) in [5.41, 5.74) is 4.69. The molecule has 1 fully saturated rings. The molecule has 1 saturated carbocycles. The van der Waals surface area contributed by atoms with E-state index in [1.165, 1.54) is 12.6 Å². The summed E-state index contributed by atoms with van der Waals surface area (Å²) in [6.07, 6.45) is 12.2. The molecule has 0 bridgehead atoms. The van der Waals surface area contributed by atoms with E-state index in [9.17, 15) is 4.79 Å². The highest BCUT2D eigenvalue weighted by Gasteiger charge is 2.19. The van der Waals surface area contributed by atoms with Gasteiger partial charge in [0.2, 0.25) is 0 Å². The van der Waals surface area contributed by atoms with Crippen LogP contribution in [0.2, 0.25) is 0 Å². The Hall–Kier alpha value is -4.07. The number of halogens is 1. The average molecular weight is 469 g/mol. The molecule has 0 radical (unpaired) electrons. The van der Waals surface area contributed by atoms with Crippen LogP contribution in [0.3, 0.4) is 0 Å². The summed E-state index contributed by atoms with van der Waals surface area (Å²) in [5, 5.41) is 8.88. The zero-order chi connectivity index (χ0) is 23.9. The second-order valence-corrected chi connectivity index (χ2v) is 9.23. The number of nitrogens with zero attached hydrogens (tertiary/aromatic N) is 4. The maximum Gasteiger partial charge on any atom is 0.251 e. The van der Waals surface area contributed by atoms with Crippen molar-refractivity contribution in [2.24, 2.45) is 7.05 Å². The Morgan fingerprint density at radius 3 is 2.60 bits per heavy atom. The third-order valence-corrected chi connectivity index (χ3v) is 6.84. The number of hydrogen-bond acceptors (Lipinski definition) is 4. The molecule has 35 heavy (non-hydrogen) atoms. The number of nitrogens with one attached hydrogen (secondary N) is 2. The van der Waals surface area contributed by atoms with Crippen molar-refractivity contribution in [1.82, 2.24) is 30.0 Å². The molecule has 5 aromatic rings. The normalized spacial score (nSPS) is 14.6. The molecule has 7 nitrogen and oxygen atoms in total. The van der Waals surface area contributed by atoms with Crippen molar-refractivity contribution in [3.05, 3.63) is 66.5 Å². The standard InChI is InChI=1S/C27H25FN6O/c1-34-15-18(12-31-34)22-11-20-23(14-29-22)33-26-25(20)24(21(28)13-30-26)16-7-9-17(10-8-16)27(35)32-19-5-3-2-4-6-19/h7-15,19H,2-6H2,1H3,(H,30,33)(H,32,35). The molecule has 0 atom stereocenters. The first-order chi connectivity index (χ1) is 17.1. The summed E-state index contributed by atoms with van der Waals surface area (Å²) in [4.78, 5) is 24.8. The second-order valence-electron chi connectivity index (χ2n) is 9.23. The van der Waals surface area contributed by atoms with E-state index in [1.54, 1.807) is 41.3 Å². The van der Waals surface area contributed by atoms with Gasteiger partial charge < -0.3 is 10.3 Å². The fourth-order valence-corrected chi connectivity index (χ4v) is 5.03. The van der Waals surface area contributed by atoms with Gasteiger partial charge in [-0.05, 0) is 36.6 Å². The molecule has 1 aliphatic carbocycles. The maximum atomic E-state index is 15.2. The van der Waals surface area contributed by atoms with Crippen LogP contribution in [0.5, 0.6) is 0 Å². The van der Waals surface area contributed by atoms with Gasteiger partial charge in [-0.15, -0.1) is 0 Å². The third-order valence-electron chi connectivity index (χ3n) is 6.84. The molecule has 4 heterocycles. The first-order valence-corrected chi connectivity index (χ1v) is 11.9. The molecular weight excluding hydrogens is 443 g/mol. The van der Waals surface area contributed by atoms with Gasteiger partial charge in [-0.1, -0.05) is 31.4 Å². The van der Waals surface area contributed by atoms with Crippen LogP contribution in [0.4, 0.5) is 4.39 Å². The zero-order valence-corrected chi connectivity index (χ0v) is 19.4. The number of rotatable bonds is 4. The predicted molar refractivity (Wildman–Crippen MR) is 133 cm³/mol. The number of fused-ring (bicyclic) bond motifs is 3. The van der Waals surface area contributed by atoms with Gasteiger partial charge in [0.25, 0.3) is 5.91 Å². The molecule has 176 valence electrons. The molecule has 0 saturated heterocycles. The van der Waals surface area contributed by atoms with Crippen molar-refractivity contribution in [3.63, 3.8) is 0 Å². The molecular formula is C27H25FN6O. The van der Waals surface area contributed by atoms with Crippen molar-refractivity contribution >= 4 is 27.8 Å². The number of aromatic nitrogens is 5. The number of aromatic amines is 1. The highest BCUT2D eigenvalue weighted by molar-refractivity contribution is 6.13. The summed E-state index contributed by atoms with van der Waals surface area (Å²) in [6, 6.07) is 9.29. The minimum Gasteiger partial charge on any atom is -0.349 e. The van der Waals surface area contributed by atoms with Crippen LogP contribution < -0.4 is 5.32 Å². The molecule has 6 rings (SSSR count). The molecule has 4 aromatic heterocycles. The molecule has 1 aromatic carbocycles. The number of carbonyl (C=O) groups excluding carboxylic acids is 1. The Morgan fingerprint density at radius 1 is 1.06 bits per heavy atom. The number of H-pyrrole nitrogens is 1. The van der Waals surface area contributed by atoms with Crippen LogP contribution in [0.1, 0.15) is 42.5 Å². The average Bonchev–Trinajstić information content (AvgIpc) is 3.48. The van der Waals surface area contributed by atoms with E-state index in [2.05, 4.69) is 25.4 Å². The van der Waals surface area contributed by atoms with Gasteiger partial charge in [0.05, 0.1) is 29.8 Å². The van der Waals surface area contributed by atoms with Crippen LogP contribution in [-0.4, -0.2) is 36.7 Å². The van der Waals surface area contributed by atoms with Crippen molar-refractivity contribution in [2.45, 2.75) is 38.1 Å². The molecule has 1 aliphatic rings. The van der Waals surface area contributed by atoms with Crippen LogP contribution in [0.25, 0.3) is 44.3 Å². The van der Waals surface area contributed by atoms with E-state index in [4.69, 9.17) is 0 Å². The quantitative estimate of drug-likeness (QED) is 0.371. The maximum absolute atomic E-state index is 15.2. The Labute approximate surface area is 201 Å².